The molecule has 0 fully saturated rings. The molecule has 2 rings (SSSR count). The summed E-state index contributed by atoms with van der Waals surface area (Å²) < 4.78 is 1.82. The summed E-state index contributed by atoms with van der Waals surface area (Å²) in [6.07, 6.45) is 4.03. The van der Waals surface area contributed by atoms with Crippen LogP contribution in [0.25, 0.3) is 11.3 Å². The Labute approximate surface area is 95.1 Å². The molecule has 16 heavy (non-hydrogen) atoms. The third-order valence-electron chi connectivity index (χ3n) is 2.44. The number of anilines is 1. The Morgan fingerprint density at radius 1 is 1.38 bits per heavy atom. The Kier molecular flexibility index (Phi) is 2.90. The van der Waals surface area contributed by atoms with Crippen LogP contribution < -0.4 is 5.73 Å². The molecule has 0 aliphatic carbocycles. The Hall–Kier alpha value is -1.84. The summed E-state index contributed by atoms with van der Waals surface area (Å²) in [5, 5.41) is 4.44. The summed E-state index contributed by atoms with van der Waals surface area (Å²) in [7, 11) is 1.93. The van der Waals surface area contributed by atoms with Crippen molar-refractivity contribution in [3.05, 3.63) is 30.1 Å². The van der Waals surface area contributed by atoms with E-state index in [2.05, 4.69) is 17.0 Å². The minimum Gasteiger partial charge on any atom is -0.384 e. The summed E-state index contributed by atoms with van der Waals surface area (Å²) in [5.74, 6) is 0.545. The van der Waals surface area contributed by atoms with Crippen molar-refractivity contribution in [3.63, 3.8) is 0 Å². The van der Waals surface area contributed by atoms with Crippen molar-refractivity contribution < 1.29 is 0 Å². The Morgan fingerprint density at radius 3 is 2.88 bits per heavy atom. The van der Waals surface area contributed by atoms with E-state index in [1.54, 1.807) is 6.07 Å². The van der Waals surface area contributed by atoms with E-state index in [9.17, 15) is 0 Å². The van der Waals surface area contributed by atoms with Gasteiger partial charge in [0, 0.05) is 18.8 Å². The number of aryl methyl sites for hydroxylation is 2. The van der Waals surface area contributed by atoms with Gasteiger partial charge >= 0.3 is 0 Å². The van der Waals surface area contributed by atoms with Gasteiger partial charge in [-0.3, -0.25) is 4.68 Å². The lowest BCUT2D eigenvalue weighted by Crippen LogP contribution is -1.93. The SMILES string of the molecule is CCCc1nn(C)cc1-c1cccc(N)n1. The number of hydrogen-bond donors (Lipinski definition) is 1. The molecule has 2 N–H and O–H groups in total. The van der Waals surface area contributed by atoms with Crippen LogP contribution in [0.2, 0.25) is 0 Å². The normalized spacial score (nSPS) is 10.6. The average Bonchev–Trinajstić information content (AvgIpc) is 2.60. The molecule has 0 atom stereocenters. The summed E-state index contributed by atoms with van der Waals surface area (Å²) in [6.45, 7) is 2.14. The highest BCUT2D eigenvalue weighted by Gasteiger charge is 2.10. The predicted molar refractivity (Wildman–Crippen MR) is 64.8 cm³/mol. The molecule has 0 amide bonds. The first-order valence-corrected chi connectivity index (χ1v) is 5.46. The maximum absolute atomic E-state index is 5.69. The van der Waals surface area contributed by atoms with Gasteiger partial charge in [-0.2, -0.15) is 5.10 Å². The molecule has 4 nitrogen and oxygen atoms in total. The van der Waals surface area contributed by atoms with E-state index in [0.717, 1.165) is 29.8 Å². The number of rotatable bonds is 3. The van der Waals surface area contributed by atoms with E-state index in [0.29, 0.717) is 5.82 Å². The van der Waals surface area contributed by atoms with Crippen LogP contribution in [0.4, 0.5) is 5.82 Å². The topological polar surface area (TPSA) is 56.7 Å². The van der Waals surface area contributed by atoms with Gasteiger partial charge in [-0.1, -0.05) is 19.4 Å². The lowest BCUT2D eigenvalue weighted by molar-refractivity contribution is 0.733. The first-order chi connectivity index (χ1) is 7.70. The first-order valence-electron chi connectivity index (χ1n) is 5.46. The van der Waals surface area contributed by atoms with E-state index < -0.39 is 0 Å². The van der Waals surface area contributed by atoms with E-state index in [1.807, 2.05) is 30.1 Å². The van der Waals surface area contributed by atoms with Crippen LogP contribution in [-0.4, -0.2) is 14.8 Å². The maximum atomic E-state index is 5.69. The molecule has 2 aromatic rings. The van der Waals surface area contributed by atoms with E-state index in [4.69, 9.17) is 5.73 Å². The second-order valence-electron chi connectivity index (χ2n) is 3.86. The second kappa shape index (κ2) is 4.35. The van der Waals surface area contributed by atoms with Crippen LogP contribution in [0, 0.1) is 0 Å². The molecule has 0 aliphatic rings. The molecule has 0 spiro atoms. The summed E-state index contributed by atoms with van der Waals surface area (Å²) in [5.41, 5.74) is 8.75. The standard InChI is InChI=1S/C12H16N4/c1-3-5-11-9(8-16(2)15-11)10-6-4-7-12(13)14-10/h4,6-8H,3,5H2,1-2H3,(H2,13,14). The van der Waals surface area contributed by atoms with Gasteiger partial charge < -0.3 is 5.73 Å². The lowest BCUT2D eigenvalue weighted by atomic mass is 10.1. The number of pyridine rings is 1. The molecule has 2 aromatic heterocycles. The minimum atomic E-state index is 0.545. The Morgan fingerprint density at radius 2 is 2.19 bits per heavy atom. The van der Waals surface area contributed by atoms with Crippen molar-refractivity contribution in [2.45, 2.75) is 19.8 Å². The van der Waals surface area contributed by atoms with Crippen molar-refractivity contribution in [2.24, 2.45) is 7.05 Å². The molecule has 0 aromatic carbocycles. The van der Waals surface area contributed by atoms with Crippen LogP contribution in [0.5, 0.6) is 0 Å². The van der Waals surface area contributed by atoms with Gasteiger partial charge in [0.2, 0.25) is 0 Å². The van der Waals surface area contributed by atoms with Gasteiger partial charge in [0.25, 0.3) is 0 Å². The van der Waals surface area contributed by atoms with Gasteiger partial charge in [0.1, 0.15) is 5.82 Å². The van der Waals surface area contributed by atoms with Gasteiger partial charge in [0.05, 0.1) is 11.4 Å². The minimum absolute atomic E-state index is 0.545. The van der Waals surface area contributed by atoms with Gasteiger partial charge in [-0.05, 0) is 18.6 Å². The van der Waals surface area contributed by atoms with E-state index in [-0.39, 0.29) is 0 Å². The molecule has 0 bridgehead atoms. The number of nitrogens with zero attached hydrogens (tertiary/aromatic N) is 3. The predicted octanol–water partition coefficient (Wildman–Crippen LogP) is 2.02. The second-order valence-corrected chi connectivity index (χ2v) is 3.86. The third-order valence-corrected chi connectivity index (χ3v) is 2.44. The number of aromatic nitrogens is 3. The molecule has 0 saturated heterocycles. The third kappa shape index (κ3) is 2.05. The highest BCUT2D eigenvalue weighted by Crippen LogP contribution is 2.22. The lowest BCUT2D eigenvalue weighted by Gasteiger charge is -2.01. The highest BCUT2D eigenvalue weighted by atomic mass is 15.3. The van der Waals surface area contributed by atoms with Gasteiger partial charge in [-0.15, -0.1) is 0 Å². The fourth-order valence-electron chi connectivity index (χ4n) is 1.77. The van der Waals surface area contributed by atoms with Crippen molar-refractivity contribution >= 4 is 5.82 Å². The maximum Gasteiger partial charge on any atom is 0.124 e. The first kappa shape index (κ1) is 10.7. The molecule has 2 heterocycles. The van der Waals surface area contributed by atoms with Crippen LogP contribution in [0.3, 0.4) is 0 Å². The number of nitrogen functional groups attached to an aromatic ring is 1. The molecular weight excluding hydrogens is 200 g/mol. The van der Waals surface area contributed by atoms with Crippen LogP contribution in [-0.2, 0) is 13.5 Å². The molecule has 0 radical (unpaired) electrons. The molecule has 0 saturated carbocycles. The number of nitrogens with two attached hydrogens (primary N) is 1. The average molecular weight is 216 g/mol. The van der Waals surface area contributed by atoms with Crippen molar-refractivity contribution in [2.75, 3.05) is 5.73 Å². The van der Waals surface area contributed by atoms with Gasteiger partial charge in [-0.25, -0.2) is 4.98 Å². The fraction of sp³-hybridized carbons (Fsp3) is 0.333. The smallest absolute Gasteiger partial charge is 0.124 e. The number of hydrogen-bond acceptors (Lipinski definition) is 3. The zero-order valence-corrected chi connectivity index (χ0v) is 9.64. The van der Waals surface area contributed by atoms with Gasteiger partial charge in [0.15, 0.2) is 0 Å². The zero-order chi connectivity index (χ0) is 11.5. The summed E-state index contributed by atoms with van der Waals surface area (Å²) in [4.78, 5) is 4.32. The summed E-state index contributed by atoms with van der Waals surface area (Å²) in [6, 6.07) is 5.67. The molecule has 84 valence electrons. The monoisotopic (exact) mass is 216 g/mol. The van der Waals surface area contributed by atoms with Crippen LogP contribution in [0.1, 0.15) is 19.0 Å². The van der Waals surface area contributed by atoms with Crippen LogP contribution >= 0.6 is 0 Å². The summed E-state index contributed by atoms with van der Waals surface area (Å²) >= 11 is 0. The highest BCUT2D eigenvalue weighted by molar-refractivity contribution is 5.62. The molecule has 4 heteroatoms. The van der Waals surface area contributed by atoms with Crippen molar-refractivity contribution in [1.29, 1.82) is 0 Å². The van der Waals surface area contributed by atoms with Crippen LogP contribution in [0.15, 0.2) is 24.4 Å². The Balaban J connectivity index is 2.46. The zero-order valence-electron chi connectivity index (χ0n) is 9.64. The van der Waals surface area contributed by atoms with Crippen molar-refractivity contribution in [1.82, 2.24) is 14.8 Å². The van der Waals surface area contributed by atoms with E-state index >= 15 is 0 Å². The Bertz CT molecular complexity index is 488. The largest absolute Gasteiger partial charge is 0.384 e. The fourth-order valence-corrected chi connectivity index (χ4v) is 1.77. The molecule has 0 unspecified atom stereocenters. The quantitative estimate of drug-likeness (QED) is 0.854. The molecular formula is C12H16N4. The molecule has 0 aliphatic heterocycles. The van der Waals surface area contributed by atoms with Crippen molar-refractivity contribution in [3.8, 4) is 11.3 Å². The van der Waals surface area contributed by atoms with E-state index in [1.165, 1.54) is 0 Å².